The Balaban J connectivity index is 1.68. The minimum atomic E-state index is -0.0215. The Morgan fingerprint density at radius 3 is 2.46 bits per heavy atom. The molecule has 1 aliphatic rings. The molecule has 1 aromatic carbocycles. The Labute approximate surface area is 156 Å². The third kappa shape index (κ3) is 6.84. The summed E-state index contributed by atoms with van der Waals surface area (Å²) in [4.78, 5) is 11.0. The molecule has 6 nitrogen and oxygen atoms in total. The van der Waals surface area contributed by atoms with Gasteiger partial charge in [0.1, 0.15) is 5.75 Å². The van der Waals surface area contributed by atoms with Gasteiger partial charge in [0.05, 0.1) is 32.0 Å². The van der Waals surface area contributed by atoms with Gasteiger partial charge in [-0.05, 0) is 45.6 Å². The van der Waals surface area contributed by atoms with Crippen molar-refractivity contribution in [2.45, 2.75) is 71.3 Å². The van der Waals surface area contributed by atoms with Crippen molar-refractivity contribution in [2.75, 3.05) is 18.9 Å². The summed E-state index contributed by atoms with van der Waals surface area (Å²) < 4.78 is 17.4. The SMILES string of the molecule is CCOc1ccc(COC2CCC(OC[C@H](C)NC(C)=O)CC2)c(N)c1. The molecule has 0 heterocycles. The Kier molecular flexibility index (Phi) is 8.19. The van der Waals surface area contributed by atoms with Crippen molar-refractivity contribution in [2.24, 2.45) is 0 Å². The van der Waals surface area contributed by atoms with E-state index in [1.54, 1.807) is 0 Å². The van der Waals surface area contributed by atoms with Crippen LogP contribution in [0.15, 0.2) is 18.2 Å². The molecular weight excluding hydrogens is 332 g/mol. The number of amides is 1. The predicted molar refractivity (Wildman–Crippen MR) is 102 cm³/mol. The third-order valence-electron chi connectivity index (χ3n) is 4.56. The Bertz CT molecular complexity index is 571. The standard InChI is InChI=1S/C20H32N2O4/c1-4-24-19-6-5-16(20(21)11-19)13-26-18-9-7-17(8-10-18)25-12-14(2)22-15(3)23/h5-6,11,14,17-18H,4,7-10,12-13,21H2,1-3H3,(H,22,23)/t14-,17?,18?/m0/s1. The average Bonchev–Trinajstić information content (AvgIpc) is 2.60. The predicted octanol–water partition coefficient (Wildman–Crippen LogP) is 3.04. The van der Waals surface area contributed by atoms with Crippen LogP contribution >= 0.6 is 0 Å². The van der Waals surface area contributed by atoms with E-state index in [9.17, 15) is 4.79 Å². The van der Waals surface area contributed by atoms with E-state index >= 15 is 0 Å². The molecule has 1 atom stereocenters. The van der Waals surface area contributed by atoms with Crippen LogP contribution in [0.25, 0.3) is 0 Å². The Morgan fingerprint density at radius 2 is 1.88 bits per heavy atom. The smallest absolute Gasteiger partial charge is 0.217 e. The van der Waals surface area contributed by atoms with E-state index in [1.807, 2.05) is 32.0 Å². The second-order valence-corrected chi connectivity index (χ2v) is 6.94. The number of nitrogens with one attached hydrogen (secondary N) is 1. The first-order valence-electron chi connectivity index (χ1n) is 9.49. The molecule has 0 radical (unpaired) electrons. The first-order valence-corrected chi connectivity index (χ1v) is 9.49. The van der Waals surface area contributed by atoms with Crippen molar-refractivity contribution >= 4 is 11.6 Å². The van der Waals surface area contributed by atoms with Crippen LogP contribution in [0, 0.1) is 0 Å². The molecule has 0 aromatic heterocycles. The third-order valence-corrected chi connectivity index (χ3v) is 4.56. The number of nitrogens with two attached hydrogens (primary N) is 1. The lowest BCUT2D eigenvalue weighted by atomic mass is 9.95. The molecule has 1 saturated carbocycles. The maximum Gasteiger partial charge on any atom is 0.217 e. The number of hydrogen-bond acceptors (Lipinski definition) is 5. The normalized spacial score (nSPS) is 21.2. The fraction of sp³-hybridized carbons (Fsp3) is 0.650. The number of nitrogen functional groups attached to an aromatic ring is 1. The first-order chi connectivity index (χ1) is 12.5. The molecule has 1 fully saturated rings. The number of rotatable bonds is 9. The lowest BCUT2D eigenvalue weighted by Crippen LogP contribution is -2.36. The summed E-state index contributed by atoms with van der Waals surface area (Å²) >= 11 is 0. The van der Waals surface area contributed by atoms with Gasteiger partial charge in [0, 0.05) is 30.3 Å². The zero-order valence-corrected chi connectivity index (χ0v) is 16.1. The van der Waals surface area contributed by atoms with E-state index in [2.05, 4.69) is 5.32 Å². The highest BCUT2D eigenvalue weighted by Gasteiger charge is 2.23. The molecule has 1 amide bonds. The van der Waals surface area contributed by atoms with Crippen molar-refractivity contribution < 1.29 is 19.0 Å². The fourth-order valence-electron chi connectivity index (χ4n) is 3.20. The summed E-state index contributed by atoms with van der Waals surface area (Å²) in [6, 6.07) is 5.80. The molecular formula is C20H32N2O4. The summed E-state index contributed by atoms with van der Waals surface area (Å²) in [6.45, 7) is 7.14. The van der Waals surface area contributed by atoms with Gasteiger partial charge in [-0.1, -0.05) is 6.07 Å². The van der Waals surface area contributed by atoms with Crippen molar-refractivity contribution in [1.29, 1.82) is 0 Å². The summed E-state index contributed by atoms with van der Waals surface area (Å²) in [7, 11) is 0. The van der Waals surface area contributed by atoms with Gasteiger partial charge in [0.15, 0.2) is 0 Å². The molecule has 3 N–H and O–H groups in total. The van der Waals surface area contributed by atoms with E-state index in [1.165, 1.54) is 6.92 Å². The van der Waals surface area contributed by atoms with E-state index < -0.39 is 0 Å². The quantitative estimate of drug-likeness (QED) is 0.658. The van der Waals surface area contributed by atoms with E-state index in [0.717, 1.165) is 37.0 Å². The first kappa shape index (κ1) is 20.5. The number of ether oxygens (including phenoxy) is 3. The van der Waals surface area contributed by atoms with Crippen LogP contribution in [0.5, 0.6) is 5.75 Å². The number of anilines is 1. The van der Waals surface area contributed by atoms with Crippen molar-refractivity contribution in [3.63, 3.8) is 0 Å². The van der Waals surface area contributed by atoms with Gasteiger partial charge in [0.25, 0.3) is 0 Å². The second-order valence-electron chi connectivity index (χ2n) is 6.94. The highest BCUT2D eigenvalue weighted by atomic mass is 16.5. The number of carbonyl (C=O) groups is 1. The number of hydrogen-bond donors (Lipinski definition) is 2. The van der Waals surface area contributed by atoms with Gasteiger partial charge in [-0.15, -0.1) is 0 Å². The Hall–Kier alpha value is -1.79. The molecule has 26 heavy (non-hydrogen) atoms. The van der Waals surface area contributed by atoms with Gasteiger partial charge in [-0.25, -0.2) is 0 Å². The zero-order valence-electron chi connectivity index (χ0n) is 16.1. The van der Waals surface area contributed by atoms with Crippen LogP contribution in [0.3, 0.4) is 0 Å². The fourth-order valence-corrected chi connectivity index (χ4v) is 3.20. The maximum absolute atomic E-state index is 11.0. The van der Waals surface area contributed by atoms with E-state index in [-0.39, 0.29) is 24.2 Å². The average molecular weight is 364 g/mol. The largest absolute Gasteiger partial charge is 0.494 e. The molecule has 146 valence electrons. The van der Waals surface area contributed by atoms with Gasteiger partial charge in [0.2, 0.25) is 5.91 Å². The van der Waals surface area contributed by atoms with Crippen LogP contribution in [0.4, 0.5) is 5.69 Å². The topological polar surface area (TPSA) is 82.8 Å². The Morgan fingerprint density at radius 1 is 1.23 bits per heavy atom. The van der Waals surface area contributed by atoms with Gasteiger partial charge in [-0.2, -0.15) is 0 Å². The summed E-state index contributed by atoms with van der Waals surface area (Å²) in [5.41, 5.74) is 7.79. The molecule has 0 bridgehead atoms. The zero-order chi connectivity index (χ0) is 18.9. The van der Waals surface area contributed by atoms with Crippen LogP contribution in [0.2, 0.25) is 0 Å². The molecule has 0 spiro atoms. The van der Waals surface area contributed by atoms with Gasteiger partial charge >= 0.3 is 0 Å². The molecule has 1 aliphatic carbocycles. The van der Waals surface area contributed by atoms with Crippen LogP contribution in [-0.2, 0) is 20.9 Å². The monoisotopic (exact) mass is 364 g/mol. The number of carbonyl (C=O) groups excluding carboxylic acids is 1. The molecule has 0 aliphatic heterocycles. The minimum absolute atomic E-state index is 0.0215. The molecule has 2 rings (SSSR count). The molecule has 0 unspecified atom stereocenters. The summed E-state index contributed by atoms with van der Waals surface area (Å²) in [6.07, 6.45) is 4.42. The van der Waals surface area contributed by atoms with Gasteiger partial charge in [-0.3, -0.25) is 4.79 Å². The van der Waals surface area contributed by atoms with Crippen molar-refractivity contribution in [3.05, 3.63) is 23.8 Å². The lowest BCUT2D eigenvalue weighted by Gasteiger charge is -2.29. The molecule has 0 saturated heterocycles. The van der Waals surface area contributed by atoms with Crippen LogP contribution in [0.1, 0.15) is 52.0 Å². The summed E-state index contributed by atoms with van der Waals surface area (Å²) in [5, 5.41) is 2.84. The number of benzene rings is 1. The minimum Gasteiger partial charge on any atom is -0.494 e. The molecule has 6 heteroatoms. The van der Waals surface area contributed by atoms with Crippen molar-refractivity contribution in [1.82, 2.24) is 5.32 Å². The highest BCUT2D eigenvalue weighted by Crippen LogP contribution is 2.26. The summed E-state index contributed by atoms with van der Waals surface area (Å²) in [5.74, 6) is 0.770. The lowest BCUT2D eigenvalue weighted by molar-refractivity contribution is -0.120. The maximum atomic E-state index is 11.0. The van der Waals surface area contributed by atoms with E-state index in [0.29, 0.717) is 25.5 Å². The van der Waals surface area contributed by atoms with Gasteiger partial charge < -0.3 is 25.3 Å². The van der Waals surface area contributed by atoms with Crippen LogP contribution in [-0.4, -0.2) is 37.4 Å². The highest BCUT2D eigenvalue weighted by molar-refractivity contribution is 5.73. The molecule has 1 aromatic rings. The van der Waals surface area contributed by atoms with Crippen molar-refractivity contribution in [3.8, 4) is 5.75 Å². The van der Waals surface area contributed by atoms with Crippen LogP contribution < -0.4 is 15.8 Å². The second kappa shape index (κ2) is 10.4. The van der Waals surface area contributed by atoms with E-state index in [4.69, 9.17) is 19.9 Å².